The van der Waals surface area contributed by atoms with Crippen LogP contribution in [0, 0.1) is 0 Å². The zero-order valence-corrected chi connectivity index (χ0v) is 14.2. The van der Waals surface area contributed by atoms with Crippen molar-refractivity contribution in [3.8, 4) is 11.1 Å². The van der Waals surface area contributed by atoms with E-state index in [1.165, 1.54) is 0 Å². The molecule has 4 nitrogen and oxygen atoms in total. The molecule has 0 amide bonds. The Kier molecular flexibility index (Phi) is 4.28. The van der Waals surface area contributed by atoms with Crippen molar-refractivity contribution in [2.75, 3.05) is 5.32 Å². The summed E-state index contributed by atoms with van der Waals surface area (Å²) in [4.78, 5) is 7.63. The van der Waals surface area contributed by atoms with Crippen LogP contribution in [-0.2, 0) is 5.60 Å². The van der Waals surface area contributed by atoms with Crippen LogP contribution < -0.4 is 5.32 Å². The van der Waals surface area contributed by atoms with E-state index in [1.54, 1.807) is 0 Å². The zero-order valence-electron chi connectivity index (χ0n) is 14.2. The van der Waals surface area contributed by atoms with Gasteiger partial charge in [0.1, 0.15) is 5.60 Å². The molecule has 1 saturated carbocycles. The lowest BCUT2D eigenvalue weighted by Crippen LogP contribution is -2.36. The van der Waals surface area contributed by atoms with Gasteiger partial charge in [-0.25, -0.2) is 0 Å². The minimum Gasteiger partial charge on any atom is -0.384 e. The fourth-order valence-electron chi connectivity index (χ4n) is 3.62. The van der Waals surface area contributed by atoms with Crippen molar-refractivity contribution in [2.24, 2.45) is 0 Å². The number of rotatable bonds is 4. The molecule has 4 rings (SSSR count). The number of nitrogens with zero attached hydrogens (tertiary/aromatic N) is 1. The summed E-state index contributed by atoms with van der Waals surface area (Å²) in [6.07, 6.45) is 9.07. The lowest BCUT2D eigenvalue weighted by molar-refractivity contribution is -0.00723. The van der Waals surface area contributed by atoms with Crippen molar-refractivity contribution in [1.82, 2.24) is 9.97 Å². The van der Waals surface area contributed by atoms with Gasteiger partial charge in [-0.15, -0.1) is 0 Å². The molecule has 2 aromatic heterocycles. The van der Waals surface area contributed by atoms with E-state index in [9.17, 15) is 5.11 Å². The number of hydrogen-bond acceptors (Lipinski definition) is 3. The lowest BCUT2D eigenvalue weighted by atomic mass is 9.79. The van der Waals surface area contributed by atoms with E-state index < -0.39 is 5.60 Å². The van der Waals surface area contributed by atoms with Crippen molar-refractivity contribution in [2.45, 2.75) is 37.3 Å². The third kappa shape index (κ3) is 3.44. The second kappa shape index (κ2) is 6.73. The number of anilines is 1. The predicted octanol–water partition coefficient (Wildman–Crippen LogP) is 4.32. The first-order valence-corrected chi connectivity index (χ1v) is 8.87. The van der Waals surface area contributed by atoms with Gasteiger partial charge in [0.25, 0.3) is 0 Å². The van der Waals surface area contributed by atoms with Crippen LogP contribution in [0.1, 0.15) is 31.4 Å². The molecule has 0 saturated heterocycles. The summed E-state index contributed by atoms with van der Waals surface area (Å²) in [6, 6.07) is 16.7. The molecule has 0 bridgehead atoms. The number of H-pyrrole nitrogens is 1. The Labute approximate surface area is 148 Å². The van der Waals surface area contributed by atoms with Crippen molar-refractivity contribution in [3.63, 3.8) is 0 Å². The van der Waals surface area contributed by atoms with Gasteiger partial charge in [-0.3, -0.25) is 4.98 Å². The molecular formula is C21H23N3O. The molecule has 0 spiro atoms. The second-order valence-electron chi connectivity index (χ2n) is 6.85. The molecule has 0 atom stereocenters. The third-order valence-corrected chi connectivity index (χ3v) is 5.13. The van der Waals surface area contributed by atoms with Crippen LogP contribution >= 0.6 is 0 Å². The van der Waals surface area contributed by atoms with E-state index in [4.69, 9.17) is 0 Å². The summed E-state index contributed by atoms with van der Waals surface area (Å²) in [5, 5.41) is 14.6. The van der Waals surface area contributed by atoms with Crippen molar-refractivity contribution < 1.29 is 5.11 Å². The number of hydrogen-bond donors (Lipinski definition) is 3. The van der Waals surface area contributed by atoms with Crippen molar-refractivity contribution in [3.05, 3.63) is 72.8 Å². The fourth-order valence-corrected chi connectivity index (χ4v) is 3.62. The van der Waals surface area contributed by atoms with Gasteiger partial charge in [0.05, 0.1) is 11.4 Å². The van der Waals surface area contributed by atoms with Crippen LogP contribution in [0.2, 0.25) is 0 Å². The molecule has 1 aromatic carbocycles. The number of aromatic nitrogens is 2. The average Bonchev–Trinajstić information content (AvgIpc) is 3.18. The second-order valence-corrected chi connectivity index (χ2v) is 6.85. The van der Waals surface area contributed by atoms with Crippen LogP contribution in [0.15, 0.2) is 67.1 Å². The molecule has 0 aliphatic heterocycles. The number of aromatic amines is 1. The highest BCUT2D eigenvalue weighted by atomic mass is 16.3. The Morgan fingerprint density at radius 2 is 1.80 bits per heavy atom. The minimum atomic E-state index is -0.814. The molecule has 128 valence electrons. The maximum atomic E-state index is 11.1. The highest BCUT2D eigenvalue weighted by Crippen LogP contribution is 2.37. The van der Waals surface area contributed by atoms with Gasteiger partial charge in [0.15, 0.2) is 0 Å². The highest BCUT2D eigenvalue weighted by molar-refractivity contribution is 5.62. The summed E-state index contributed by atoms with van der Waals surface area (Å²) in [7, 11) is 0. The summed E-state index contributed by atoms with van der Waals surface area (Å²) < 4.78 is 0. The lowest BCUT2D eigenvalue weighted by Gasteiger charge is -2.36. The van der Waals surface area contributed by atoms with Gasteiger partial charge in [-0.1, -0.05) is 36.4 Å². The number of aliphatic hydroxyl groups is 1. The Bertz CT molecular complexity index is 789. The van der Waals surface area contributed by atoms with Gasteiger partial charge in [0, 0.05) is 30.2 Å². The van der Waals surface area contributed by atoms with E-state index in [0.717, 1.165) is 48.2 Å². The van der Waals surface area contributed by atoms with Crippen LogP contribution in [0.4, 0.5) is 5.69 Å². The molecular weight excluding hydrogens is 310 g/mol. The highest BCUT2D eigenvalue weighted by Gasteiger charge is 2.35. The predicted molar refractivity (Wildman–Crippen MR) is 100 cm³/mol. The molecule has 3 N–H and O–H groups in total. The summed E-state index contributed by atoms with van der Waals surface area (Å²) in [5.74, 6) is 0. The normalized spacial score (nSPS) is 23.3. The molecule has 1 fully saturated rings. The summed E-state index contributed by atoms with van der Waals surface area (Å²) in [5.41, 5.74) is 3.31. The van der Waals surface area contributed by atoms with Crippen LogP contribution in [0.5, 0.6) is 0 Å². The number of pyridine rings is 1. The Hall–Kier alpha value is -2.59. The topological polar surface area (TPSA) is 60.9 Å². The first kappa shape index (κ1) is 15.9. The maximum Gasteiger partial charge on any atom is 0.107 e. The van der Waals surface area contributed by atoms with Gasteiger partial charge in [0.2, 0.25) is 0 Å². The SMILES string of the molecule is OC1(c2ccc(-c3ccccc3)cn2)CCC(Nc2cc[nH]c2)CC1. The smallest absolute Gasteiger partial charge is 0.107 e. The van der Waals surface area contributed by atoms with Crippen LogP contribution in [-0.4, -0.2) is 21.1 Å². The standard InChI is InChI=1S/C21H23N3O/c25-21(11-8-18(9-12-21)24-19-10-13-22-15-19)20-7-6-17(14-23-20)16-4-2-1-3-5-16/h1-7,10,13-15,18,22,24-25H,8-9,11-12H2. The molecule has 0 unspecified atom stereocenters. The Balaban J connectivity index is 1.43. The van der Waals surface area contributed by atoms with Gasteiger partial charge in [-0.2, -0.15) is 0 Å². The number of benzene rings is 1. The molecule has 3 aromatic rings. The van der Waals surface area contributed by atoms with Crippen LogP contribution in [0.25, 0.3) is 11.1 Å². The van der Waals surface area contributed by atoms with E-state index in [1.807, 2.05) is 48.9 Å². The Morgan fingerprint density at radius 3 is 2.44 bits per heavy atom. The molecule has 4 heteroatoms. The molecule has 1 aliphatic carbocycles. The van der Waals surface area contributed by atoms with Gasteiger partial charge >= 0.3 is 0 Å². The Morgan fingerprint density at radius 1 is 1.00 bits per heavy atom. The van der Waals surface area contributed by atoms with Gasteiger partial charge < -0.3 is 15.4 Å². The monoisotopic (exact) mass is 333 g/mol. The van der Waals surface area contributed by atoms with Gasteiger partial charge in [-0.05, 0) is 43.4 Å². The molecule has 25 heavy (non-hydrogen) atoms. The van der Waals surface area contributed by atoms with Crippen LogP contribution in [0.3, 0.4) is 0 Å². The van der Waals surface area contributed by atoms with Crippen molar-refractivity contribution in [1.29, 1.82) is 0 Å². The third-order valence-electron chi connectivity index (χ3n) is 5.13. The maximum absolute atomic E-state index is 11.1. The molecule has 2 heterocycles. The minimum absolute atomic E-state index is 0.402. The first-order chi connectivity index (χ1) is 12.2. The van der Waals surface area contributed by atoms with Crippen molar-refractivity contribution >= 4 is 5.69 Å². The van der Waals surface area contributed by atoms with E-state index in [2.05, 4.69) is 33.5 Å². The van der Waals surface area contributed by atoms with E-state index in [0.29, 0.717) is 6.04 Å². The average molecular weight is 333 g/mol. The first-order valence-electron chi connectivity index (χ1n) is 8.87. The summed E-state index contributed by atoms with van der Waals surface area (Å²) in [6.45, 7) is 0. The molecule has 1 aliphatic rings. The zero-order chi connectivity index (χ0) is 17.1. The quantitative estimate of drug-likeness (QED) is 0.666. The fraction of sp³-hybridized carbons (Fsp3) is 0.286. The molecule has 0 radical (unpaired) electrons. The number of nitrogens with one attached hydrogen (secondary N) is 2. The van der Waals surface area contributed by atoms with E-state index >= 15 is 0 Å². The largest absolute Gasteiger partial charge is 0.384 e. The summed E-state index contributed by atoms with van der Waals surface area (Å²) >= 11 is 0. The van der Waals surface area contributed by atoms with E-state index in [-0.39, 0.29) is 0 Å².